The number of anilines is 2. The Labute approximate surface area is 120 Å². The third kappa shape index (κ3) is 2.77. The molecular formula is C12H6F5N3S. The fourth-order valence-electron chi connectivity index (χ4n) is 1.49. The lowest BCUT2D eigenvalue weighted by Gasteiger charge is -2.10. The second-order valence-electron chi connectivity index (χ2n) is 3.86. The molecule has 0 bridgehead atoms. The molecule has 0 saturated carbocycles. The van der Waals surface area contributed by atoms with Crippen LogP contribution in [0.2, 0.25) is 0 Å². The van der Waals surface area contributed by atoms with Gasteiger partial charge >= 0.3 is 0 Å². The smallest absolute Gasteiger partial charge is 0.200 e. The van der Waals surface area contributed by atoms with Gasteiger partial charge in [-0.3, -0.25) is 0 Å². The van der Waals surface area contributed by atoms with Crippen LogP contribution in [0.1, 0.15) is 5.56 Å². The van der Waals surface area contributed by atoms with E-state index >= 15 is 0 Å². The lowest BCUT2D eigenvalue weighted by molar-refractivity contribution is 0.382. The summed E-state index contributed by atoms with van der Waals surface area (Å²) in [6.45, 7) is 0. The van der Waals surface area contributed by atoms with Crippen LogP contribution in [0.3, 0.4) is 0 Å². The lowest BCUT2D eigenvalue weighted by Crippen LogP contribution is -2.11. The number of rotatable bonds is 3. The maximum absolute atomic E-state index is 13.5. The van der Waals surface area contributed by atoms with Crippen molar-refractivity contribution in [2.75, 3.05) is 5.32 Å². The number of nitrogens with one attached hydrogen (secondary N) is 1. The molecule has 0 saturated heterocycles. The van der Waals surface area contributed by atoms with Gasteiger partial charge in [-0.05, 0) is 12.1 Å². The quantitative estimate of drug-likeness (QED) is 0.395. The summed E-state index contributed by atoms with van der Waals surface area (Å²) in [6, 6.07) is 2.63. The minimum absolute atomic E-state index is 0.0159. The molecule has 1 aromatic heterocycles. The topological polar surface area (TPSA) is 50.9 Å². The number of thiocarbonyl (C=S) groups is 1. The second kappa shape index (κ2) is 5.60. The molecule has 0 aliphatic carbocycles. The van der Waals surface area contributed by atoms with Crippen molar-refractivity contribution in [2.45, 2.75) is 0 Å². The highest BCUT2D eigenvalue weighted by molar-refractivity contribution is 7.80. The molecule has 0 unspecified atom stereocenters. The van der Waals surface area contributed by atoms with Crippen LogP contribution in [0, 0.1) is 29.1 Å². The number of pyridine rings is 1. The minimum atomic E-state index is -2.24. The van der Waals surface area contributed by atoms with Gasteiger partial charge in [-0.1, -0.05) is 12.2 Å². The maximum Gasteiger partial charge on any atom is 0.200 e. The number of aromatic nitrogens is 1. The van der Waals surface area contributed by atoms with Crippen molar-refractivity contribution in [3.8, 4) is 0 Å². The van der Waals surface area contributed by atoms with Crippen LogP contribution in [0.15, 0.2) is 18.3 Å². The predicted molar refractivity (Wildman–Crippen MR) is 69.6 cm³/mol. The largest absolute Gasteiger partial charge is 0.389 e. The summed E-state index contributed by atoms with van der Waals surface area (Å²) < 4.78 is 66.0. The predicted octanol–water partition coefficient (Wildman–Crippen LogP) is 3.15. The molecule has 1 aromatic carbocycles. The van der Waals surface area contributed by atoms with Crippen LogP contribution >= 0.6 is 12.2 Å². The Morgan fingerprint density at radius 2 is 1.52 bits per heavy atom. The molecule has 2 aromatic rings. The van der Waals surface area contributed by atoms with Crippen molar-refractivity contribution in [1.29, 1.82) is 0 Å². The number of hydrogen-bond acceptors (Lipinski definition) is 3. The summed E-state index contributed by atoms with van der Waals surface area (Å²) in [7, 11) is 0. The van der Waals surface area contributed by atoms with E-state index in [1.807, 2.05) is 5.32 Å². The Kier molecular flexibility index (Phi) is 4.03. The van der Waals surface area contributed by atoms with Gasteiger partial charge in [-0.15, -0.1) is 0 Å². The standard InChI is InChI=1S/C12H6F5N3S/c13-6-7(14)9(16)11(10(17)8(6)15)20-5-3-4(12(18)21)1-2-19-5/h1-3H,(H2,18,21)(H,19,20). The molecule has 0 aliphatic rings. The van der Waals surface area contributed by atoms with E-state index in [-0.39, 0.29) is 10.8 Å². The van der Waals surface area contributed by atoms with Crippen molar-refractivity contribution in [2.24, 2.45) is 5.73 Å². The molecule has 0 radical (unpaired) electrons. The van der Waals surface area contributed by atoms with Crippen LogP contribution in [0.4, 0.5) is 33.5 Å². The van der Waals surface area contributed by atoms with Crippen molar-refractivity contribution in [3.05, 3.63) is 53.0 Å². The molecule has 1 heterocycles. The monoisotopic (exact) mass is 319 g/mol. The summed E-state index contributed by atoms with van der Waals surface area (Å²) in [6.07, 6.45) is 1.21. The first-order valence-electron chi connectivity index (χ1n) is 5.37. The number of halogens is 5. The summed E-state index contributed by atoms with van der Waals surface area (Å²) in [5, 5.41) is 2.02. The molecule has 3 N–H and O–H groups in total. The Balaban J connectivity index is 2.50. The molecule has 0 fully saturated rings. The third-order valence-electron chi connectivity index (χ3n) is 2.51. The summed E-state index contributed by atoms with van der Waals surface area (Å²) in [5.74, 6) is -10.5. The zero-order valence-corrected chi connectivity index (χ0v) is 10.9. The van der Waals surface area contributed by atoms with E-state index in [1.54, 1.807) is 0 Å². The van der Waals surface area contributed by atoms with Crippen LogP contribution in [0.5, 0.6) is 0 Å². The molecule has 0 amide bonds. The highest BCUT2D eigenvalue weighted by Gasteiger charge is 2.26. The molecule has 3 nitrogen and oxygen atoms in total. The first kappa shape index (κ1) is 15.1. The van der Waals surface area contributed by atoms with Crippen molar-refractivity contribution in [1.82, 2.24) is 4.98 Å². The zero-order valence-electron chi connectivity index (χ0n) is 10.1. The van der Waals surface area contributed by atoms with Gasteiger partial charge in [0.2, 0.25) is 5.82 Å². The van der Waals surface area contributed by atoms with E-state index in [2.05, 4.69) is 4.98 Å². The highest BCUT2D eigenvalue weighted by atomic mass is 32.1. The summed E-state index contributed by atoms with van der Waals surface area (Å²) >= 11 is 4.70. The van der Waals surface area contributed by atoms with Gasteiger partial charge in [0.25, 0.3) is 0 Å². The minimum Gasteiger partial charge on any atom is -0.389 e. The Morgan fingerprint density at radius 1 is 1.00 bits per heavy atom. The lowest BCUT2D eigenvalue weighted by atomic mass is 10.2. The van der Waals surface area contributed by atoms with Crippen LogP contribution < -0.4 is 11.1 Å². The molecule has 0 spiro atoms. The Hall–Kier alpha value is -2.29. The molecule has 2 rings (SSSR count). The highest BCUT2D eigenvalue weighted by Crippen LogP contribution is 2.29. The van der Waals surface area contributed by atoms with Crippen LogP contribution in [0.25, 0.3) is 0 Å². The first-order valence-corrected chi connectivity index (χ1v) is 5.78. The molecule has 110 valence electrons. The van der Waals surface area contributed by atoms with E-state index in [0.29, 0.717) is 5.56 Å². The Bertz CT molecular complexity index is 706. The van der Waals surface area contributed by atoms with Gasteiger partial charge < -0.3 is 11.1 Å². The van der Waals surface area contributed by atoms with Crippen molar-refractivity contribution < 1.29 is 22.0 Å². The van der Waals surface area contributed by atoms with Gasteiger partial charge in [0.1, 0.15) is 16.5 Å². The summed E-state index contributed by atoms with van der Waals surface area (Å²) in [4.78, 5) is 3.67. The normalized spacial score (nSPS) is 10.5. The van der Waals surface area contributed by atoms with Crippen molar-refractivity contribution in [3.63, 3.8) is 0 Å². The van der Waals surface area contributed by atoms with E-state index in [1.165, 1.54) is 18.3 Å². The number of hydrogen-bond donors (Lipinski definition) is 2. The maximum atomic E-state index is 13.5. The van der Waals surface area contributed by atoms with E-state index in [4.69, 9.17) is 18.0 Å². The average Bonchev–Trinajstić information content (AvgIpc) is 2.48. The molecular weight excluding hydrogens is 313 g/mol. The van der Waals surface area contributed by atoms with Gasteiger partial charge in [-0.2, -0.15) is 0 Å². The van der Waals surface area contributed by atoms with Gasteiger partial charge in [-0.25, -0.2) is 26.9 Å². The summed E-state index contributed by atoms with van der Waals surface area (Å²) in [5.41, 5.74) is 4.46. The van der Waals surface area contributed by atoms with E-state index < -0.39 is 34.8 Å². The van der Waals surface area contributed by atoms with Crippen molar-refractivity contribution >= 4 is 28.7 Å². The first-order chi connectivity index (χ1) is 9.82. The van der Waals surface area contributed by atoms with Crippen LogP contribution in [-0.4, -0.2) is 9.97 Å². The van der Waals surface area contributed by atoms with Gasteiger partial charge in [0.05, 0.1) is 0 Å². The molecule has 21 heavy (non-hydrogen) atoms. The van der Waals surface area contributed by atoms with E-state index in [0.717, 1.165) is 0 Å². The second-order valence-corrected chi connectivity index (χ2v) is 4.30. The molecule has 9 heteroatoms. The zero-order chi connectivity index (χ0) is 15.7. The fraction of sp³-hybridized carbons (Fsp3) is 0. The third-order valence-corrected chi connectivity index (χ3v) is 2.74. The molecule has 0 aliphatic heterocycles. The molecule has 0 atom stereocenters. The number of benzene rings is 1. The number of nitrogens with two attached hydrogens (primary N) is 1. The Morgan fingerprint density at radius 3 is 2.05 bits per heavy atom. The fourth-order valence-corrected chi connectivity index (χ4v) is 1.62. The van der Waals surface area contributed by atoms with Crippen LogP contribution in [-0.2, 0) is 0 Å². The number of nitrogens with zero attached hydrogens (tertiary/aromatic N) is 1. The van der Waals surface area contributed by atoms with Gasteiger partial charge in [0, 0.05) is 11.8 Å². The van der Waals surface area contributed by atoms with E-state index in [9.17, 15) is 22.0 Å². The average molecular weight is 319 g/mol. The SMILES string of the molecule is NC(=S)c1ccnc(Nc2c(F)c(F)c(F)c(F)c2F)c1. The van der Waals surface area contributed by atoms with Gasteiger partial charge in [0.15, 0.2) is 23.3 Å².